The highest BCUT2D eigenvalue weighted by atomic mass is 32.2. The van der Waals surface area contributed by atoms with Gasteiger partial charge in [0.05, 0.1) is 4.90 Å². The van der Waals surface area contributed by atoms with Crippen molar-refractivity contribution in [3.63, 3.8) is 0 Å². The van der Waals surface area contributed by atoms with Crippen molar-refractivity contribution in [2.45, 2.75) is 77.7 Å². The number of hydrogen-bond acceptors (Lipinski definition) is 4. The van der Waals surface area contributed by atoms with Crippen LogP contribution in [0.2, 0.25) is 0 Å². The molecule has 7 heteroatoms. The van der Waals surface area contributed by atoms with Gasteiger partial charge in [-0.25, -0.2) is 13.1 Å². The molecule has 150 valence electrons. The van der Waals surface area contributed by atoms with Crippen molar-refractivity contribution in [3.05, 3.63) is 28.3 Å². The molecule has 1 aromatic carbocycles. The van der Waals surface area contributed by atoms with Gasteiger partial charge in [0.2, 0.25) is 5.91 Å². The fraction of sp³-hybridized carbons (Fsp3) is 0.600. The number of amides is 2. The van der Waals surface area contributed by atoms with Crippen molar-refractivity contribution in [1.82, 2.24) is 10.0 Å². The molecule has 2 rings (SSSR count). The molecule has 0 heterocycles. The summed E-state index contributed by atoms with van der Waals surface area (Å²) in [6.07, 6.45) is 4.79. The second-order valence-corrected chi connectivity index (χ2v) is 9.24. The lowest BCUT2D eigenvalue weighted by molar-refractivity contribution is -0.130. The number of benzene rings is 1. The first-order valence-electron chi connectivity index (χ1n) is 9.49. The van der Waals surface area contributed by atoms with Gasteiger partial charge in [0.1, 0.15) is 6.04 Å². The van der Waals surface area contributed by atoms with Crippen LogP contribution in [0.4, 0.5) is 0 Å². The summed E-state index contributed by atoms with van der Waals surface area (Å²) in [6.45, 7) is 8.66. The summed E-state index contributed by atoms with van der Waals surface area (Å²) < 4.78 is 27.8. The van der Waals surface area contributed by atoms with Gasteiger partial charge < -0.3 is 5.32 Å². The molecule has 1 atom stereocenters. The predicted molar refractivity (Wildman–Crippen MR) is 105 cm³/mol. The molecule has 2 amide bonds. The second-order valence-electron chi connectivity index (χ2n) is 7.62. The van der Waals surface area contributed by atoms with Crippen LogP contribution in [0.3, 0.4) is 0 Å². The molecule has 1 aliphatic rings. The van der Waals surface area contributed by atoms with Gasteiger partial charge in [-0.05, 0) is 69.7 Å². The van der Waals surface area contributed by atoms with E-state index in [1.54, 1.807) is 13.8 Å². The first-order chi connectivity index (χ1) is 12.5. The van der Waals surface area contributed by atoms with Crippen LogP contribution in [-0.4, -0.2) is 26.3 Å². The molecule has 0 bridgehead atoms. The van der Waals surface area contributed by atoms with E-state index in [4.69, 9.17) is 0 Å². The lowest BCUT2D eigenvalue weighted by atomic mass is 9.88. The van der Waals surface area contributed by atoms with Crippen molar-refractivity contribution in [2.75, 3.05) is 0 Å². The van der Waals surface area contributed by atoms with Crippen molar-refractivity contribution in [2.24, 2.45) is 5.92 Å². The molecular weight excluding hydrogens is 364 g/mol. The minimum atomic E-state index is -4.02. The largest absolute Gasteiger partial charge is 0.344 e. The van der Waals surface area contributed by atoms with Crippen molar-refractivity contribution >= 4 is 21.8 Å². The number of aryl methyl sites for hydroxylation is 2. The summed E-state index contributed by atoms with van der Waals surface area (Å²) in [5.41, 5.74) is 2.95. The van der Waals surface area contributed by atoms with Crippen LogP contribution in [0, 0.1) is 33.6 Å². The Hall–Kier alpha value is -1.89. The van der Waals surface area contributed by atoms with E-state index in [1.807, 2.05) is 19.9 Å². The maximum atomic E-state index is 12.8. The maximum absolute atomic E-state index is 12.8. The van der Waals surface area contributed by atoms with Gasteiger partial charge in [-0.2, -0.15) is 0 Å². The lowest BCUT2D eigenvalue weighted by Gasteiger charge is -2.23. The Morgan fingerprint density at radius 1 is 1.00 bits per heavy atom. The molecule has 1 aliphatic carbocycles. The quantitative estimate of drug-likeness (QED) is 0.803. The number of rotatable bonds is 5. The van der Waals surface area contributed by atoms with E-state index >= 15 is 0 Å². The van der Waals surface area contributed by atoms with E-state index in [-0.39, 0.29) is 16.7 Å². The molecule has 1 unspecified atom stereocenters. The highest BCUT2D eigenvalue weighted by molar-refractivity contribution is 7.90. The Morgan fingerprint density at radius 2 is 1.52 bits per heavy atom. The highest BCUT2D eigenvalue weighted by Gasteiger charge is 2.28. The van der Waals surface area contributed by atoms with Crippen LogP contribution >= 0.6 is 0 Å². The molecule has 0 saturated heterocycles. The molecule has 0 spiro atoms. The van der Waals surface area contributed by atoms with Gasteiger partial charge in [0.25, 0.3) is 15.9 Å². The minimum absolute atomic E-state index is 0.0884. The Labute approximate surface area is 162 Å². The zero-order valence-corrected chi connectivity index (χ0v) is 17.6. The van der Waals surface area contributed by atoms with Crippen LogP contribution in [0.25, 0.3) is 0 Å². The molecule has 6 nitrogen and oxygen atoms in total. The zero-order chi connectivity index (χ0) is 20.4. The summed E-state index contributed by atoms with van der Waals surface area (Å²) in [4.78, 5) is 24.9. The van der Waals surface area contributed by atoms with Crippen molar-refractivity contribution in [1.29, 1.82) is 0 Å². The topological polar surface area (TPSA) is 92.3 Å². The van der Waals surface area contributed by atoms with E-state index in [9.17, 15) is 18.0 Å². The zero-order valence-electron chi connectivity index (χ0n) is 16.8. The molecule has 1 fully saturated rings. The number of sulfonamides is 1. The standard InChI is InChI=1S/C20H30N2O4S/c1-12-11-13(2)15(4)18(14(12)3)27(25,26)22-19(23)16(5)21-20(24)17-9-7-6-8-10-17/h11,16-17H,6-10H2,1-5H3,(H,21,24)(H,22,23). The Balaban J connectivity index is 2.13. The normalized spacial score (nSPS) is 16.6. The molecule has 2 N–H and O–H groups in total. The first kappa shape index (κ1) is 21.4. The van der Waals surface area contributed by atoms with Crippen LogP contribution in [0.15, 0.2) is 11.0 Å². The van der Waals surface area contributed by atoms with Crippen LogP contribution in [0.5, 0.6) is 0 Å². The van der Waals surface area contributed by atoms with Crippen LogP contribution in [-0.2, 0) is 19.6 Å². The molecule has 27 heavy (non-hydrogen) atoms. The van der Waals surface area contributed by atoms with Gasteiger partial charge >= 0.3 is 0 Å². The SMILES string of the molecule is Cc1cc(C)c(C)c(S(=O)(=O)NC(=O)C(C)NC(=O)C2CCCCC2)c1C. The number of nitrogens with one attached hydrogen (secondary N) is 2. The van der Waals surface area contributed by atoms with Crippen molar-refractivity contribution in [3.8, 4) is 0 Å². The molecule has 0 radical (unpaired) electrons. The third kappa shape index (κ3) is 4.89. The van der Waals surface area contributed by atoms with Crippen LogP contribution < -0.4 is 10.0 Å². The van der Waals surface area contributed by atoms with Gasteiger partial charge in [-0.3, -0.25) is 9.59 Å². The fourth-order valence-electron chi connectivity index (χ4n) is 3.62. The van der Waals surface area contributed by atoms with Crippen molar-refractivity contribution < 1.29 is 18.0 Å². The Morgan fingerprint density at radius 3 is 2.04 bits per heavy atom. The molecular formula is C20H30N2O4S. The summed E-state index contributed by atoms with van der Waals surface area (Å²) in [5.74, 6) is -0.986. The maximum Gasteiger partial charge on any atom is 0.264 e. The third-order valence-electron chi connectivity index (χ3n) is 5.53. The monoisotopic (exact) mass is 394 g/mol. The second kappa shape index (κ2) is 8.42. The number of hydrogen-bond donors (Lipinski definition) is 2. The average Bonchev–Trinajstić information content (AvgIpc) is 2.60. The summed E-state index contributed by atoms with van der Waals surface area (Å²) in [6, 6.07) is 1.01. The Bertz CT molecular complexity index is 814. The van der Waals surface area contributed by atoms with E-state index in [0.717, 1.165) is 43.2 Å². The molecule has 1 aromatic rings. The van der Waals surface area contributed by atoms with E-state index in [1.165, 1.54) is 6.92 Å². The number of carbonyl (C=O) groups excluding carboxylic acids is 2. The first-order valence-corrected chi connectivity index (χ1v) is 11.0. The van der Waals surface area contributed by atoms with E-state index < -0.39 is 22.0 Å². The predicted octanol–water partition coefficient (Wildman–Crippen LogP) is 2.81. The van der Waals surface area contributed by atoms with Gasteiger partial charge in [0.15, 0.2) is 0 Å². The van der Waals surface area contributed by atoms with Gasteiger partial charge in [0, 0.05) is 5.92 Å². The molecule has 1 saturated carbocycles. The van der Waals surface area contributed by atoms with E-state index in [0.29, 0.717) is 11.1 Å². The Kier molecular flexibility index (Phi) is 6.68. The van der Waals surface area contributed by atoms with Gasteiger partial charge in [-0.15, -0.1) is 0 Å². The molecule has 0 aliphatic heterocycles. The third-order valence-corrected chi connectivity index (χ3v) is 7.15. The highest BCUT2D eigenvalue weighted by Crippen LogP contribution is 2.26. The molecule has 0 aromatic heterocycles. The lowest BCUT2D eigenvalue weighted by Crippen LogP contribution is -2.48. The van der Waals surface area contributed by atoms with Crippen LogP contribution in [0.1, 0.15) is 61.3 Å². The van der Waals surface area contributed by atoms with E-state index in [2.05, 4.69) is 10.0 Å². The number of carbonyl (C=O) groups is 2. The minimum Gasteiger partial charge on any atom is -0.344 e. The fourth-order valence-corrected chi connectivity index (χ4v) is 5.29. The average molecular weight is 395 g/mol. The summed E-state index contributed by atoms with van der Waals surface area (Å²) >= 11 is 0. The smallest absolute Gasteiger partial charge is 0.264 e. The summed E-state index contributed by atoms with van der Waals surface area (Å²) in [7, 11) is -4.02. The van der Waals surface area contributed by atoms with Gasteiger partial charge in [-0.1, -0.05) is 25.3 Å². The summed E-state index contributed by atoms with van der Waals surface area (Å²) in [5, 5.41) is 2.66.